The quantitative estimate of drug-likeness (QED) is 0.0437. The molecule has 3 rings (SSSR count). The molecule has 0 bridgehead atoms. The summed E-state index contributed by atoms with van der Waals surface area (Å²) in [6.07, 6.45) is 10.2. The topological polar surface area (TPSA) is 44.8 Å². The molecule has 3 aromatic rings. The van der Waals surface area contributed by atoms with E-state index in [0.29, 0.717) is 55.2 Å². The first-order valence-corrected chi connectivity index (χ1v) is 11.8. The molecule has 0 spiro atoms. The van der Waals surface area contributed by atoms with Crippen LogP contribution >= 0.6 is 0 Å². The maximum absolute atomic E-state index is 14.1. The Morgan fingerprint density at radius 2 is 1.53 bits per heavy atom. The molecule has 9 heteroatoms. The smallest absolute Gasteiger partial charge is 0.342 e. The summed E-state index contributed by atoms with van der Waals surface area (Å²) in [5.74, 6) is -8.85. The number of carbonyl (C=O) groups excluding carboxylic acids is 1. The van der Waals surface area contributed by atoms with E-state index >= 15 is 0 Å². The molecule has 0 fully saturated rings. The van der Waals surface area contributed by atoms with E-state index in [-0.39, 0.29) is 17.9 Å². The van der Waals surface area contributed by atoms with Gasteiger partial charge in [0, 0.05) is 17.2 Å². The molecule has 200 valence electrons. The van der Waals surface area contributed by atoms with Crippen molar-refractivity contribution in [2.45, 2.75) is 38.7 Å². The number of ether oxygens (including phenoxy) is 3. The van der Waals surface area contributed by atoms with Crippen molar-refractivity contribution in [3.05, 3.63) is 83.2 Å². The van der Waals surface area contributed by atoms with Crippen molar-refractivity contribution in [1.29, 1.82) is 0 Å². The van der Waals surface area contributed by atoms with Gasteiger partial charge in [0.05, 0.1) is 18.8 Å². The first kappa shape index (κ1) is 28.5. The van der Waals surface area contributed by atoms with Crippen molar-refractivity contribution in [3.63, 3.8) is 0 Å². The maximum Gasteiger partial charge on any atom is 0.342 e. The summed E-state index contributed by atoms with van der Waals surface area (Å²) in [4.78, 5) is 13.1. The first-order valence-electron chi connectivity index (χ1n) is 11.8. The second-order valence-electron chi connectivity index (χ2n) is 8.21. The van der Waals surface area contributed by atoms with Crippen LogP contribution in [-0.4, -0.2) is 19.2 Å². The van der Waals surface area contributed by atoms with Crippen LogP contribution in [0.5, 0.6) is 11.5 Å². The lowest BCUT2D eigenvalue weighted by molar-refractivity contribution is 0.0457. The number of terminal acetylenes is 1. The lowest BCUT2D eigenvalue weighted by Gasteiger charge is -2.18. The first-order chi connectivity index (χ1) is 18.3. The van der Waals surface area contributed by atoms with Crippen LogP contribution in [0.1, 0.15) is 48.0 Å². The van der Waals surface area contributed by atoms with E-state index in [1.165, 1.54) is 6.07 Å². The molecular formula is C29H25F5O4. The number of fused-ring (bicyclic) bond motifs is 1. The van der Waals surface area contributed by atoms with Crippen molar-refractivity contribution >= 4 is 16.7 Å². The second kappa shape index (κ2) is 13.5. The Morgan fingerprint density at radius 1 is 0.895 bits per heavy atom. The summed E-state index contributed by atoms with van der Waals surface area (Å²) in [7, 11) is 0. The van der Waals surface area contributed by atoms with Crippen molar-refractivity contribution < 1.29 is 41.0 Å². The summed E-state index contributed by atoms with van der Waals surface area (Å²) in [5.41, 5.74) is -1.41. The molecule has 0 atom stereocenters. The average molecular weight is 533 g/mol. The van der Waals surface area contributed by atoms with E-state index in [1.807, 2.05) is 0 Å². The van der Waals surface area contributed by atoms with Gasteiger partial charge in [-0.2, -0.15) is 0 Å². The van der Waals surface area contributed by atoms with Crippen LogP contribution in [0.3, 0.4) is 0 Å². The Morgan fingerprint density at radius 3 is 2.18 bits per heavy atom. The van der Waals surface area contributed by atoms with E-state index in [9.17, 15) is 26.7 Å². The van der Waals surface area contributed by atoms with Gasteiger partial charge in [-0.15, -0.1) is 18.9 Å². The monoisotopic (exact) mass is 532 g/mol. The van der Waals surface area contributed by atoms with Crippen LogP contribution in [0, 0.1) is 41.4 Å². The fourth-order valence-corrected chi connectivity index (χ4v) is 3.65. The molecule has 38 heavy (non-hydrogen) atoms. The van der Waals surface area contributed by atoms with Crippen molar-refractivity contribution in [3.8, 4) is 23.8 Å². The average Bonchev–Trinajstić information content (AvgIpc) is 2.93. The molecule has 0 aliphatic heterocycles. The van der Waals surface area contributed by atoms with E-state index in [0.717, 1.165) is 0 Å². The van der Waals surface area contributed by atoms with Gasteiger partial charge in [0.1, 0.15) is 23.7 Å². The molecule has 0 aliphatic carbocycles. The van der Waals surface area contributed by atoms with Gasteiger partial charge < -0.3 is 14.2 Å². The van der Waals surface area contributed by atoms with Gasteiger partial charge in [-0.3, -0.25) is 0 Å². The minimum atomic E-state index is -2.30. The Hall–Kier alpha value is -4.06. The van der Waals surface area contributed by atoms with Crippen LogP contribution < -0.4 is 9.47 Å². The Labute approximate surface area is 217 Å². The van der Waals surface area contributed by atoms with Crippen molar-refractivity contribution in [1.82, 2.24) is 0 Å². The molecule has 0 aliphatic rings. The van der Waals surface area contributed by atoms with Crippen LogP contribution in [-0.2, 0) is 11.3 Å². The molecular weight excluding hydrogens is 507 g/mol. The number of hydrogen-bond donors (Lipinski definition) is 0. The number of halogens is 5. The van der Waals surface area contributed by atoms with Crippen LogP contribution in [0.25, 0.3) is 10.8 Å². The molecule has 0 saturated heterocycles. The van der Waals surface area contributed by atoms with Crippen molar-refractivity contribution in [2.24, 2.45) is 0 Å². The zero-order valence-electron chi connectivity index (χ0n) is 20.4. The van der Waals surface area contributed by atoms with Gasteiger partial charge in [0.25, 0.3) is 0 Å². The highest BCUT2D eigenvalue weighted by Crippen LogP contribution is 2.38. The van der Waals surface area contributed by atoms with Gasteiger partial charge in [0.15, 0.2) is 23.3 Å². The van der Waals surface area contributed by atoms with Crippen LogP contribution in [0.4, 0.5) is 22.0 Å². The number of benzene rings is 3. The lowest BCUT2D eigenvalue weighted by atomic mass is 10.0. The van der Waals surface area contributed by atoms with Crippen molar-refractivity contribution in [2.75, 3.05) is 13.2 Å². The third-order valence-corrected chi connectivity index (χ3v) is 5.60. The highest BCUT2D eigenvalue weighted by molar-refractivity contribution is 6.04. The molecule has 4 nitrogen and oxygen atoms in total. The van der Waals surface area contributed by atoms with E-state index in [4.69, 9.17) is 20.6 Å². The number of unbranched alkanes of at least 4 members (excludes halogenated alkanes) is 3. The minimum absolute atomic E-state index is 0.127. The van der Waals surface area contributed by atoms with Gasteiger partial charge in [-0.05, 0) is 31.7 Å². The zero-order valence-corrected chi connectivity index (χ0v) is 20.4. The largest absolute Gasteiger partial charge is 0.493 e. The fraction of sp³-hybridized carbons (Fsp3) is 0.276. The Kier molecular flexibility index (Phi) is 10.1. The number of hydrogen-bond acceptors (Lipinski definition) is 4. The number of rotatable bonds is 13. The molecule has 0 heterocycles. The zero-order chi connectivity index (χ0) is 27.7. The summed E-state index contributed by atoms with van der Waals surface area (Å²) in [5, 5.41) is 1.15. The fourth-order valence-electron chi connectivity index (χ4n) is 3.65. The number of esters is 1. The van der Waals surface area contributed by atoms with Gasteiger partial charge in [-0.1, -0.05) is 30.3 Å². The molecule has 0 radical (unpaired) electrons. The molecule has 0 aromatic heterocycles. The summed E-state index contributed by atoms with van der Waals surface area (Å²) < 4.78 is 85.5. The van der Waals surface area contributed by atoms with Gasteiger partial charge in [-0.25, -0.2) is 26.7 Å². The van der Waals surface area contributed by atoms with Crippen LogP contribution in [0.2, 0.25) is 0 Å². The van der Waals surface area contributed by atoms with E-state index in [2.05, 4.69) is 12.5 Å². The molecule has 0 unspecified atom stereocenters. The predicted molar refractivity (Wildman–Crippen MR) is 132 cm³/mol. The molecule has 0 saturated carbocycles. The normalized spacial score (nSPS) is 10.7. The second-order valence-corrected chi connectivity index (χ2v) is 8.21. The lowest BCUT2D eigenvalue weighted by Crippen LogP contribution is -2.13. The van der Waals surface area contributed by atoms with Gasteiger partial charge in [0.2, 0.25) is 5.82 Å². The molecule has 0 N–H and O–H groups in total. The molecule has 3 aromatic carbocycles. The number of carbonyl (C=O) groups is 1. The summed E-state index contributed by atoms with van der Waals surface area (Å²) in [6.45, 7) is 2.96. The highest BCUT2D eigenvalue weighted by Gasteiger charge is 2.27. The summed E-state index contributed by atoms with van der Waals surface area (Å²) >= 11 is 0. The highest BCUT2D eigenvalue weighted by atomic mass is 19.2. The third-order valence-electron chi connectivity index (χ3n) is 5.60. The standard InChI is InChI=1S/C29H25F5O4/c1-3-5-7-11-15-37-28-19-13-9-8-12-18(19)22(36-14-10-6-4-2)16-20(28)29(35)38-17-21-23(30)25(32)27(34)26(33)24(21)31/h1,4,8-9,12-13,16H,2,5-7,10-11,14-15,17H2. The number of allylic oxidation sites excluding steroid dienone is 1. The van der Waals surface area contributed by atoms with E-state index in [1.54, 1.807) is 30.3 Å². The maximum atomic E-state index is 14.1. The Balaban J connectivity index is 1.97. The van der Waals surface area contributed by atoms with Gasteiger partial charge >= 0.3 is 5.97 Å². The predicted octanol–water partition coefficient (Wildman–Crippen LogP) is 7.42. The van der Waals surface area contributed by atoms with E-state index < -0.39 is 47.2 Å². The van der Waals surface area contributed by atoms with Crippen LogP contribution in [0.15, 0.2) is 43.0 Å². The third kappa shape index (κ3) is 6.43. The summed E-state index contributed by atoms with van der Waals surface area (Å²) in [6, 6.07) is 8.33. The molecule has 0 amide bonds. The SMILES string of the molecule is C#CCCCCOc1c(C(=O)OCc2c(F)c(F)c(F)c(F)c2F)cc(OCCCC=C)c2ccccc12. The Bertz CT molecular complexity index is 1330. The minimum Gasteiger partial charge on any atom is -0.493 e.